The first kappa shape index (κ1) is 14.0. The van der Waals surface area contributed by atoms with Gasteiger partial charge in [0.05, 0.1) is 29.2 Å². The van der Waals surface area contributed by atoms with Crippen LogP contribution in [0.25, 0.3) is 16.9 Å². The van der Waals surface area contributed by atoms with Crippen molar-refractivity contribution in [2.24, 2.45) is 0 Å². The fraction of sp³-hybridized carbons (Fsp3) is 0.111. The van der Waals surface area contributed by atoms with Gasteiger partial charge in [0.25, 0.3) is 0 Å². The monoisotopic (exact) mass is 323 g/mol. The Hall–Kier alpha value is -2.59. The van der Waals surface area contributed by atoms with Gasteiger partial charge in [-0.1, -0.05) is 29.8 Å². The van der Waals surface area contributed by atoms with Crippen molar-refractivity contribution >= 4 is 23.2 Å². The number of hydrogen-bond donors (Lipinski definition) is 1. The number of benzene rings is 2. The van der Waals surface area contributed by atoms with Gasteiger partial charge in [-0.2, -0.15) is 5.10 Å². The summed E-state index contributed by atoms with van der Waals surface area (Å²) in [5.74, 6) is -0.0186. The van der Waals surface area contributed by atoms with Gasteiger partial charge in [0.2, 0.25) is 5.91 Å². The zero-order chi connectivity index (χ0) is 16.0. The molecule has 0 saturated carbocycles. The third-order valence-electron chi connectivity index (χ3n) is 4.05. The molecule has 1 aliphatic rings. The number of carbonyl (C=O) groups excluding carboxylic acids is 1. The SMILES string of the molecule is Cc1nn(-c2ccc(Cl)cc2)c2c1CC(=O)Nc1ccccc1-2. The predicted octanol–water partition coefficient (Wildman–Crippen LogP) is 4.00. The van der Waals surface area contributed by atoms with Crippen LogP contribution >= 0.6 is 11.6 Å². The quantitative estimate of drug-likeness (QED) is 0.736. The molecule has 4 rings (SSSR count). The Labute approximate surface area is 138 Å². The number of rotatable bonds is 1. The van der Waals surface area contributed by atoms with Crippen molar-refractivity contribution in [1.29, 1.82) is 0 Å². The zero-order valence-electron chi connectivity index (χ0n) is 12.5. The molecule has 1 aromatic heterocycles. The fourth-order valence-electron chi connectivity index (χ4n) is 2.97. The molecule has 23 heavy (non-hydrogen) atoms. The van der Waals surface area contributed by atoms with Crippen LogP contribution in [0.2, 0.25) is 5.02 Å². The van der Waals surface area contributed by atoms with Gasteiger partial charge in [0.15, 0.2) is 0 Å². The van der Waals surface area contributed by atoms with E-state index >= 15 is 0 Å². The molecule has 0 aliphatic carbocycles. The molecule has 0 spiro atoms. The van der Waals surface area contributed by atoms with Crippen LogP contribution in [0.1, 0.15) is 11.3 Å². The number of nitrogens with zero attached hydrogens (tertiary/aromatic N) is 2. The van der Waals surface area contributed by atoms with Crippen molar-refractivity contribution in [2.75, 3.05) is 5.32 Å². The molecule has 1 amide bonds. The molecule has 5 heteroatoms. The molecule has 4 nitrogen and oxygen atoms in total. The minimum atomic E-state index is -0.0186. The first-order valence-electron chi connectivity index (χ1n) is 7.37. The normalized spacial score (nSPS) is 13.0. The molecule has 0 unspecified atom stereocenters. The Morgan fingerprint density at radius 3 is 2.65 bits per heavy atom. The van der Waals surface area contributed by atoms with Gasteiger partial charge in [-0.3, -0.25) is 4.79 Å². The van der Waals surface area contributed by atoms with E-state index in [0.29, 0.717) is 11.4 Å². The van der Waals surface area contributed by atoms with E-state index in [1.165, 1.54) is 0 Å². The minimum absolute atomic E-state index is 0.0186. The van der Waals surface area contributed by atoms with Crippen LogP contribution in [0.15, 0.2) is 48.5 Å². The Morgan fingerprint density at radius 2 is 1.87 bits per heavy atom. The Kier molecular flexibility index (Phi) is 3.20. The summed E-state index contributed by atoms with van der Waals surface area (Å²) in [5.41, 5.74) is 5.49. The molecule has 0 radical (unpaired) electrons. The molecular weight excluding hydrogens is 310 g/mol. The highest BCUT2D eigenvalue weighted by atomic mass is 35.5. The first-order chi connectivity index (χ1) is 11.1. The second kappa shape index (κ2) is 5.25. The van der Waals surface area contributed by atoms with Crippen LogP contribution in [-0.2, 0) is 11.2 Å². The Morgan fingerprint density at radius 1 is 1.13 bits per heavy atom. The number of aryl methyl sites for hydroxylation is 1. The molecule has 0 bridgehead atoms. The average Bonchev–Trinajstić information content (AvgIpc) is 2.76. The van der Waals surface area contributed by atoms with Gasteiger partial charge in [-0.25, -0.2) is 4.68 Å². The van der Waals surface area contributed by atoms with Gasteiger partial charge < -0.3 is 5.32 Å². The van der Waals surface area contributed by atoms with Crippen molar-refractivity contribution in [3.63, 3.8) is 0 Å². The number of hydrogen-bond acceptors (Lipinski definition) is 2. The Balaban J connectivity index is 2.02. The van der Waals surface area contributed by atoms with E-state index in [1.807, 2.05) is 60.1 Å². The van der Waals surface area contributed by atoms with Gasteiger partial charge in [0, 0.05) is 16.1 Å². The third-order valence-corrected chi connectivity index (χ3v) is 4.30. The van der Waals surface area contributed by atoms with Crippen LogP contribution in [0.4, 0.5) is 5.69 Å². The number of amides is 1. The summed E-state index contributed by atoms with van der Waals surface area (Å²) < 4.78 is 1.89. The number of nitrogens with one attached hydrogen (secondary N) is 1. The molecule has 2 aromatic carbocycles. The van der Waals surface area contributed by atoms with Crippen molar-refractivity contribution in [3.8, 4) is 16.9 Å². The molecule has 0 fully saturated rings. The highest BCUT2D eigenvalue weighted by Gasteiger charge is 2.25. The molecule has 1 aliphatic heterocycles. The molecule has 0 atom stereocenters. The standard InChI is InChI=1S/C18H14ClN3O/c1-11-15-10-17(23)20-16-5-3-2-4-14(16)18(15)22(21-11)13-8-6-12(19)7-9-13/h2-9H,10H2,1H3,(H,20,23). The number of anilines is 1. The highest BCUT2D eigenvalue weighted by molar-refractivity contribution is 6.30. The van der Waals surface area contributed by atoms with Gasteiger partial charge in [0.1, 0.15) is 0 Å². The molecule has 2 heterocycles. The number of fused-ring (bicyclic) bond motifs is 3. The van der Waals surface area contributed by atoms with E-state index in [9.17, 15) is 4.79 Å². The lowest BCUT2D eigenvalue weighted by atomic mass is 10.0. The lowest BCUT2D eigenvalue weighted by Crippen LogP contribution is -2.12. The molecular formula is C18H14ClN3O. The van der Waals surface area contributed by atoms with Crippen LogP contribution < -0.4 is 5.32 Å². The third kappa shape index (κ3) is 2.32. The molecule has 0 saturated heterocycles. The molecule has 114 valence electrons. The largest absolute Gasteiger partial charge is 0.325 e. The molecule has 3 aromatic rings. The average molecular weight is 324 g/mol. The number of halogens is 1. The van der Waals surface area contributed by atoms with Crippen molar-refractivity contribution < 1.29 is 4.79 Å². The maximum Gasteiger partial charge on any atom is 0.228 e. The Bertz CT molecular complexity index is 913. The van der Waals surface area contributed by atoms with E-state index in [0.717, 1.165) is 33.9 Å². The number of para-hydroxylation sites is 1. The molecule has 1 N–H and O–H groups in total. The van der Waals surface area contributed by atoms with Crippen LogP contribution in [-0.4, -0.2) is 15.7 Å². The minimum Gasteiger partial charge on any atom is -0.325 e. The predicted molar refractivity (Wildman–Crippen MR) is 91.1 cm³/mol. The summed E-state index contributed by atoms with van der Waals surface area (Å²) in [5, 5.41) is 8.31. The summed E-state index contributed by atoms with van der Waals surface area (Å²) in [6, 6.07) is 15.3. The summed E-state index contributed by atoms with van der Waals surface area (Å²) in [7, 11) is 0. The van der Waals surface area contributed by atoms with E-state index in [-0.39, 0.29) is 5.91 Å². The van der Waals surface area contributed by atoms with Crippen LogP contribution in [0, 0.1) is 6.92 Å². The van der Waals surface area contributed by atoms with Gasteiger partial charge in [-0.05, 0) is 37.3 Å². The fourth-order valence-corrected chi connectivity index (χ4v) is 3.10. The zero-order valence-corrected chi connectivity index (χ0v) is 13.3. The van der Waals surface area contributed by atoms with E-state index in [1.54, 1.807) is 0 Å². The number of aromatic nitrogens is 2. The van der Waals surface area contributed by atoms with Crippen LogP contribution in [0.5, 0.6) is 0 Å². The van der Waals surface area contributed by atoms with Crippen LogP contribution in [0.3, 0.4) is 0 Å². The highest BCUT2D eigenvalue weighted by Crippen LogP contribution is 2.36. The summed E-state index contributed by atoms with van der Waals surface area (Å²) >= 11 is 5.99. The van der Waals surface area contributed by atoms with Gasteiger partial charge >= 0.3 is 0 Å². The lowest BCUT2D eigenvalue weighted by molar-refractivity contribution is -0.115. The van der Waals surface area contributed by atoms with Crippen molar-refractivity contribution in [1.82, 2.24) is 9.78 Å². The smallest absolute Gasteiger partial charge is 0.228 e. The summed E-state index contributed by atoms with van der Waals surface area (Å²) in [6.45, 7) is 1.94. The van der Waals surface area contributed by atoms with Gasteiger partial charge in [-0.15, -0.1) is 0 Å². The summed E-state index contributed by atoms with van der Waals surface area (Å²) in [4.78, 5) is 12.2. The van der Waals surface area contributed by atoms with Crippen molar-refractivity contribution in [2.45, 2.75) is 13.3 Å². The number of carbonyl (C=O) groups is 1. The lowest BCUT2D eigenvalue weighted by Gasteiger charge is -2.11. The van der Waals surface area contributed by atoms with E-state index < -0.39 is 0 Å². The maximum atomic E-state index is 12.2. The summed E-state index contributed by atoms with van der Waals surface area (Å²) in [6.07, 6.45) is 0.323. The topological polar surface area (TPSA) is 46.9 Å². The van der Waals surface area contributed by atoms with E-state index in [4.69, 9.17) is 11.6 Å². The van der Waals surface area contributed by atoms with E-state index in [2.05, 4.69) is 10.4 Å². The first-order valence-corrected chi connectivity index (χ1v) is 7.75. The maximum absolute atomic E-state index is 12.2. The second-order valence-corrected chi connectivity index (χ2v) is 6.01. The second-order valence-electron chi connectivity index (χ2n) is 5.57. The van der Waals surface area contributed by atoms with Crippen molar-refractivity contribution in [3.05, 3.63) is 64.8 Å².